The summed E-state index contributed by atoms with van der Waals surface area (Å²) in [6.07, 6.45) is 4.42. The maximum absolute atomic E-state index is 2.28. The molecule has 0 N–H and O–H groups in total. The lowest BCUT2D eigenvalue weighted by Gasteiger charge is -1.94. The molecule has 1 atom stereocenters. The van der Waals surface area contributed by atoms with Gasteiger partial charge in [0.1, 0.15) is 0 Å². The Kier molecular flexibility index (Phi) is 2.84. The lowest BCUT2D eigenvalue weighted by molar-refractivity contribution is 1.28. The number of allylic oxidation sites excluding steroid dienone is 1. The molecule has 1 saturated heterocycles. The maximum Gasteiger partial charge on any atom is 0.0398 e. The molecule has 0 aromatic heterocycles. The van der Waals surface area contributed by atoms with E-state index in [1.807, 2.05) is 23.5 Å². The summed E-state index contributed by atoms with van der Waals surface area (Å²) in [5.41, 5.74) is 0. The molecule has 8 heavy (non-hydrogen) atoms. The fourth-order valence-electron chi connectivity index (χ4n) is 0.674. The number of rotatable bonds is 1. The second-order valence-electron chi connectivity index (χ2n) is 1.72. The van der Waals surface area contributed by atoms with Crippen molar-refractivity contribution in [2.24, 2.45) is 0 Å². The first kappa shape index (κ1) is 6.56. The van der Waals surface area contributed by atoms with Gasteiger partial charge in [0.15, 0.2) is 0 Å². The first-order valence-electron chi connectivity index (χ1n) is 2.75. The average molecular weight is 146 g/mol. The van der Waals surface area contributed by atoms with Gasteiger partial charge in [0, 0.05) is 16.1 Å². The molecule has 1 aliphatic heterocycles. The minimum Gasteiger partial charge on any atom is -0.150 e. The van der Waals surface area contributed by atoms with Crippen LogP contribution in [0.5, 0.6) is 0 Å². The fourth-order valence-corrected chi connectivity index (χ4v) is 3.43. The van der Waals surface area contributed by atoms with Crippen LogP contribution in [0.2, 0.25) is 0 Å². The van der Waals surface area contributed by atoms with E-state index in [0.29, 0.717) is 0 Å². The number of hydrogen-bond donors (Lipinski definition) is 0. The molecule has 1 unspecified atom stereocenters. The summed E-state index contributed by atoms with van der Waals surface area (Å²) >= 11 is 4.08. The Hall–Kier alpha value is 0.440. The van der Waals surface area contributed by atoms with Gasteiger partial charge in [-0.15, -0.1) is 23.5 Å². The van der Waals surface area contributed by atoms with E-state index >= 15 is 0 Å². The third-order valence-electron chi connectivity index (χ3n) is 1.05. The van der Waals surface area contributed by atoms with Crippen LogP contribution < -0.4 is 0 Å². The van der Waals surface area contributed by atoms with Crippen molar-refractivity contribution >= 4 is 23.5 Å². The lowest BCUT2D eigenvalue weighted by Crippen LogP contribution is -1.92. The highest BCUT2D eigenvalue weighted by molar-refractivity contribution is 8.19. The smallest absolute Gasteiger partial charge is 0.0398 e. The molecule has 1 heterocycles. The van der Waals surface area contributed by atoms with Crippen LogP contribution in [0.3, 0.4) is 0 Å². The van der Waals surface area contributed by atoms with Gasteiger partial charge in [0.2, 0.25) is 0 Å². The Morgan fingerprint density at radius 3 is 3.00 bits per heavy atom. The second-order valence-corrected chi connectivity index (χ2v) is 4.34. The summed E-state index contributed by atoms with van der Waals surface area (Å²) in [6.45, 7) is 2.09. The van der Waals surface area contributed by atoms with Gasteiger partial charge in [-0.2, -0.15) is 0 Å². The Bertz CT molecular complexity index is 82.5. The second kappa shape index (κ2) is 3.46. The van der Waals surface area contributed by atoms with Crippen LogP contribution >= 0.6 is 23.5 Å². The summed E-state index contributed by atoms with van der Waals surface area (Å²) in [6, 6.07) is 0. The Morgan fingerprint density at radius 2 is 2.50 bits per heavy atom. The van der Waals surface area contributed by atoms with Gasteiger partial charge in [0.25, 0.3) is 0 Å². The van der Waals surface area contributed by atoms with E-state index in [1.165, 1.54) is 10.8 Å². The SMILES string of the molecule is C/C=C\C1CSCS1. The zero-order chi connectivity index (χ0) is 5.82. The molecule has 0 spiro atoms. The minimum atomic E-state index is 0.810. The first-order valence-corrected chi connectivity index (χ1v) is 4.96. The van der Waals surface area contributed by atoms with E-state index in [1.54, 1.807) is 0 Å². The molecule has 46 valence electrons. The van der Waals surface area contributed by atoms with Crippen LogP contribution in [-0.4, -0.2) is 16.1 Å². The molecule has 0 radical (unpaired) electrons. The van der Waals surface area contributed by atoms with E-state index in [9.17, 15) is 0 Å². The van der Waals surface area contributed by atoms with Crippen molar-refractivity contribution in [3.8, 4) is 0 Å². The normalized spacial score (nSPS) is 29.9. The molecule has 2 heteroatoms. The molecule has 0 aliphatic carbocycles. The molecule has 1 fully saturated rings. The first-order chi connectivity index (χ1) is 3.93. The van der Waals surface area contributed by atoms with Gasteiger partial charge in [-0.05, 0) is 6.92 Å². The van der Waals surface area contributed by atoms with Gasteiger partial charge in [-0.3, -0.25) is 0 Å². The van der Waals surface area contributed by atoms with E-state index in [4.69, 9.17) is 0 Å². The van der Waals surface area contributed by atoms with Crippen LogP contribution in [0.4, 0.5) is 0 Å². The lowest BCUT2D eigenvalue weighted by atomic mass is 10.4. The molecular formula is C6H10S2. The fraction of sp³-hybridized carbons (Fsp3) is 0.667. The zero-order valence-corrected chi connectivity index (χ0v) is 6.60. The summed E-state index contributed by atoms with van der Waals surface area (Å²) in [4.78, 5) is 0. The van der Waals surface area contributed by atoms with Crippen molar-refractivity contribution < 1.29 is 0 Å². The monoisotopic (exact) mass is 146 g/mol. The van der Waals surface area contributed by atoms with Crippen LogP contribution in [0.1, 0.15) is 6.92 Å². The third kappa shape index (κ3) is 1.75. The van der Waals surface area contributed by atoms with Crippen LogP contribution in [-0.2, 0) is 0 Å². The van der Waals surface area contributed by atoms with Gasteiger partial charge >= 0.3 is 0 Å². The Balaban J connectivity index is 2.24. The molecule has 1 rings (SSSR count). The predicted octanol–water partition coefficient (Wildman–Crippen LogP) is 2.37. The summed E-state index contributed by atoms with van der Waals surface area (Å²) in [5.74, 6) is 1.31. The largest absolute Gasteiger partial charge is 0.150 e. The van der Waals surface area contributed by atoms with Crippen LogP contribution in [0.25, 0.3) is 0 Å². The van der Waals surface area contributed by atoms with E-state index in [0.717, 1.165) is 5.25 Å². The van der Waals surface area contributed by atoms with Gasteiger partial charge in [-0.25, -0.2) is 0 Å². The van der Waals surface area contributed by atoms with Crippen molar-refractivity contribution in [2.75, 3.05) is 10.8 Å². The molecule has 0 aromatic rings. The summed E-state index contributed by atoms with van der Waals surface area (Å²) in [5, 5.41) is 2.10. The van der Waals surface area contributed by atoms with Crippen molar-refractivity contribution in [3.05, 3.63) is 12.2 Å². The van der Waals surface area contributed by atoms with E-state index in [-0.39, 0.29) is 0 Å². The van der Waals surface area contributed by atoms with Crippen LogP contribution in [0, 0.1) is 0 Å². The molecular weight excluding hydrogens is 136 g/mol. The molecule has 0 bridgehead atoms. The highest BCUT2D eigenvalue weighted by Gasteiger charge is 2.10. The standard InChI is InChI=1S/C6H10S2/c1-2-3-6-4-7-5-8-6/h2-3,6H,4-5H2,1H3/b3-2-. The highest BCUT2D eigenvalue weighted by Crippen LogP contribution is 2.29. The molecule has 0 saturated carbocycles. The van der Waals surface area contributed by atoms with Crippen molar-refractivity contribution in [1.29, 1.82) is 0 Å². The Labute approximate surface area is 59.1 Å². The summed E-state index contributed by atoms with van der Waals surface area (Å²) < 4.78 is 0. The molecule has 0 amide bonds. The van der Waals surface area contributed by atoms with Crippen molar-refractivity contribution in [2.45, 2.75) is 12.2 Å². The topological polar surface area (TPSA) is 0 Å². The zero-order valence-electron chi connectivity index (χ0n) is 4.96. The quantitative estimate of drug-likeness (QED) is 0.521. The Morgan fingerprint density at radius 1 is 1.62 bits per heavy atom. The van der Waals surface area contributed by atoms with Crippen LogP contribution in [0.15, 0.2) is 12.2 Å². The average Bonchev–Trinajstić information content (AvgIpc) is 2.19. The summed E-state index contributed by atoms with van der Waals surface area (Å²) in [7, 11) is 0. The third-order valence-corrected chi connectivity index (χ3v) is 3.82. The van der Waals surface area contributed by atoms with Gasteiger partial charge in [-0.1, -0.05) is 12.2 Å². The van der Waals surface area contributed by atoms with Crippen molar-refractivity contribution in [1.82, 2.24) is 0 Å². The molecule has 0 aromatic carbocycles. The van der Waals surface area contributed by atoms with E-state index < -0.39 is 0 Å². The molecule has 1 aliphatic rings. The highest BCUT2D eigenvalue weighted by atomic mass is 32.2. The maximum atomic E-state index is 2.28. The predicted molar refractivity (Wildman–Crippen MR) is 43.5 cm³/mol. The molecule has 0 nitrogen and oxygen atoms in total. The van der Waals surface area contributed by atoms with Gasteiger partial charge < -0.3 is 0 Å². The number of hydrogen-bond acceptors (Lipinski definition) is 2. The number of thioether (sulfide) groups is 2. The minimum absolute atomic E-state index is 0.810. The van der Waals surface area contributed by atoms with Gasteiger partial charge in [0.05, 0.1) is 0 Å². The van der Waals surface area contributed by atoms with Crippen molar-refractivity contribution in [3.63, 3.8) is 0 Å². The van der Waals surface area contributed by atoms with E-state index in [2.05, 4.69) is 19.1 Å².